The summed E-state index contributed by atoms with van der Waals surface area (Å²) in [7, 11) is 1.43. The van der Waals surface area contributed by atoms with Crippen molar-refractivity contribution in [2.24, 2.45) is 0 Å². The van der Waals surface area contributed by atoms with E-state index in [-0.39, 0.29) is 11.4 Å². The van der Waals surface area contributed by atoms with Crippen molar-refractivity contribution < 1.29 is 9.66 Å². The molecule has 1 rings (SSSR count). The molecule has 0 saturated carbocycles. The van der Waals surface area contributed by atoms with Gasteiger partial charge in [-0.1, -0.05) is 25.1 Å². The Morgan fingerprint density at radius 2 is 2.21 bits per heavy atom. The third kappa shape index (κ3) is 4.37. The van der Waals surface area contributed by atoms with Crippen molar-refractivity contribution in [3.05, 3.63) is 46.0 Å². The first kappa shape index (κ1) is 15.2. The molecule has 0 heterocycles. The molecular formula is C14H20N2O3. The van der Waals surface area contributed by atoms with Crippen LogP contribution < -0.4 is 4.74 Å². The topological polar surface area (TPSA) is 55.6 Å². The fourth-order valence-corrected chi connectivity index (χ4v) is 1.90. The number of hydrogen-bond acceptors (Lipinski definition) is 4. The summed E-state index contributed by atoms with van der Waals surface area (Å²) in [6.45, 7) is 10.2. The summed E-state index contributed by atoms with van der Waals surface area (Å²) in [5, 5.41) is 11.0. The molecule has 0 amide bonds. The predicted octanol–water partition coefficient (Wildman–Crippen LogP) is 3.00. The van der Waals surface area contributed by atoms with E-state index in [0.29, 0.717) is 6.54 Å². The number of ether oxygens (including phenoxy) is 1. The molecule has 0 unspecified atom stereocenters. The second-order valence-electron chi connectivity index (χ2n) is 4.52. The van der Waals surface area contributed by atoms with Crippen LogP contribution in [0.15, 0.2) is 30.4 Å². The zero-order chi connectivity index (χ0) is 14.4. The first-order chi connectivity index (χ1) is 8.97. The van der Waals surface area contributed by atoms with Crippen LogP contribution >= 0.6 is 0 Å². The first-order valence-electron chi connectivity index (χ1n) is 6.16. The molecule has 5 nitrogen and oxygen atoms in total. The predicted molar refractivity (Wildman–Crippen MR) is 75.4 cm³/mol. The van der Waals surface area contributed by atoms with Crippen LogP contribution in [-0.2, 0) is 6.54 Å². The summed E-state index contributed by atoms with van der Waals surface area (Å²) in [6.07, 6.45) is 0. The smallest absolute Gasteiger partial charge is 0.311 e. The Hall–Kier alpha value is -1.88. The minimum absolute atomic E-state index is 0.00591. The molecule has 0 spiro atoms. The molecule has 0 aliphatic rings. The van der Waals surface area contributed by atoms with E-state index in [0.717, 1.165) is 24.2 Å². The Labute approximate surface area is 113 Å². The van der Waals surface area contributed by atoms with E-state index in [9.17, 15) is 10.1 Å². The highest BCUT2D eigenvalue weighted by Crippen LogP contribution is 2.28. The van der Waals surface area contributed by atoms with Gasteiger partial charge >= 0.3 is 5.69 Å². The number of likely N-dealkylation sites (N-methyl/N-ethyl adjacent to an activating group) is 1. The van der Waals surface area contributed by atoms with Gasteiger partial charge in [-0.3, -0.25) is 15.0 Å². The minimum Gasteiger partial charge on any atom is -0.490 e. The molecule has 0 aliphatic heterocycles. The van der Waals surface area contributed by atoms with Gasteiger partial charge in [0.05, 0.1) is 12.0 Å². The molecule has 0 fully saturated rings. The monoisotopic (exact) mass is 264 g/mol. The van der Waals surface area contributed by atoms with Crippen molar-refractivity contribution >= 4 is 5.69 Å². The van der Waals surface area contributed by atoms with Crippen molar-refractivity contribution in [3.63, 3.8) is 0 Å². The maximum Gasteiger partial charge on any atom is 0.311 e. The second kappa shape index (κ2) is 6.89. The summed E-state index contributed by atoms with van der Waals surface area (Å²) < 4.78 is 4.99. The molecule has 0 N–H and O–H groups in total. The average Bonchev–Trinajstić information content (AvgIpc) is 2.37. The van der Waals surface area contributed by atoms with Gasteiger partial charge in [0.2, 0.25) is 0 Å². The Balaban J connectivity index is 2.92. The van der Waals surface area contributed by atoms with E-state index in [2.05, 4.69) is 18.4 Å². The number of benzene rings is 1. The zero-order valence-electron chi connectivity index (χ0n) is 11.7. The lowest BCUT2D eigenvalue weighted by Gasteiger charge is -2.20. The lowest BCUT2D eigenvalue weighted by molar-refractivity contribution is -0.385. The highest BCUT2D eigenvalue weighted by atomic mass is 16.6. The van der Waals surface area contributed by atoms with E-state index < -0.39 is 4.92 Å². The van der Waals surface area contributed by atoms with Crippen LogP contribution in [0.4, 0.5) is 5.69 Å². The van der Waals surface area contributed by atoms with Gasteiger partial charge in [0.25, 0.3) is 0 Å². The third-order valence-corrected chi connectivity index (χ3v) is 2.79. The van der Waals surface area contributed by atoms with Gasteiger partial charge in [-0.15, -0.1) is 0 Å². The molecule has 5 heteroatoms. The molecule has 1 aromatic rings. The molecular weight excluding hydrogens is 244 g/mol. The summed E-state index contributed by atoms with van der Waals surface area (Å²) >= 11 is 0. The van der Waals surface area contributed by atoms with Crippen molar-refractivity contribution in [1.82, 2.24) is 4.90 Å². The molecule has 0 aliphatic carbocycles. The quantitative estimate of drug-likeness (QED) is 0.431. The maximum absolute atomic E-state index is 11.0. The van der Waals surface area contributed by atoms with E-state index in [1.54, 1.807) is 12.1 Å². The second-order valence-corrected chi connectivity index (χ2v) is 4.52. The largest absolute Gasteiger partial charge is 0.490 e. The number of rotatable bonds is 7. The summed E-state index contributed by atoms with van der Waals surface area (Å²) in [5.74, 6) is 0.289. The van der Waals surface area contributed by atoms with Gasteiger partial charge in [-0.2, -0.15) is 0 Å². The van der Waals surface area contributed by atoms with E-state index in [4.69, 9.17) is 4.74 Å². The zero-order valence-corrected chi connectivity index (χ0v) is 11.7. The summed E-state index contributed by atoms with van der Waals surface area (Å²) in [6, 6.07) is 5.06. The van der Waals surface area contributed by atoms with Crippen LogP contribution in [0.2, 0.25) is 0 Å². The SMILES string of the molecule is C=C(C)CN(CC)Cc1ccc(OC)c([N+](=O)[O-])c1. The minimum atomic E-state index is -0.419. The highest BCUT2D eigenvalue weighted by molar-refractivity contribution is 5.48. The molecule has 19 heavy (non-hydrogen) atoms. The Kier molecular flexibility index (Phi) is 5.51. The van der Waals surface area contributed by atoms with Crippen molar-refractivity contribution in [2.45, 2.75) is 20.4 Å². The standard InChI is InChI=1S/C14H20N2O3/c1-5-15(9-11(2)3)10-12-6-7-14(19-4)13(8-12)16(17)18/h6-8H,2,5,9-10H2,1,3-4H3. The van der Waals surface area contributed by atoms with Gasteiger partial charge in [-0.25, -0.2) is 0 Å². The number of nitrogens with zero attached hydrogens (tertiary/aromatic N) is 2. The van der Waals surface area contributed by atoms with Crippen LogP contribution in [0.5, 0.6) is 5.75 Å². The van der Waals surface area contributed by atoms with Gasteiger partial charge in [0.1, 0.15) is 0 Å². The Morgan fingerprint density at radius 1 is 1.53 bits per heavy atom. The molecule has 0 bridgehead atoms. The van der Waals surface area contributed by atoms with Gasteiger partial charge in [0.15, 0.2) is 5.75 Å². The molecule has 0 saturated heterocycles. The molecule has 0 radical (unpaired) electrons. The molecule has 104 valence electrons. The number of nitro benzene ring substituents is 1. The first-order valence-corrected chi connectivity index (χ1v) is 6.16. The number of hydrogen-bond donors (Lipinski definition) is 0. The van der Waals surface area contributed by atoms with Crippen LogP contribution in [0, 0.1) is 10.1 Å². The average molecular weight is 264 g/mol. The van der Waals surface area contributed by atoms with Gasteiger partial charge in [0, 0.05) is 19.2 Å². The lowest BCUT2D eigenvalue weighted by Crippen LogP contribution is -2.24. The summed E-state index contributed by atoms with van der Waals surface area (Å²) in [5.41, 5.74) is 1.98. The van der Waals surface area contributed by atoms with Crippen molar-refractivity contribution in [1.29, 1.82) is 0 Å². The Bertz CT molecular complexity index is 472. The van der Waals surface area contributed by atoms with Crippen molar-refractivity contribution in [2.75, 3.05) is 20.2 Å². The van der Waals surface area contributed by atoms with Crippen molar-refractivity contribution in [3.8, 4) is 5.75 Å². The highest BCUT2D eigenvalue weighted by Gasteiger charge is 2.16. The van der Waals surface area contributed by atoms with Crippen LogP contribution in [0.1, 0.15) is 19.4 Å². The normalized spacial score (nSPS) is 10.5. The molecule has 0 aromatic heterocycles. The third-order valence-electron chi connectivity index (χ3n) is 2.79. The maximum atomic E-state index is 11.0. The van der Waals surface area contributed by atoms with Gasteiger partial charge in [-0.05, 0) is 25.1 Å². The Morgan fingerprint density at radius 3 is 2.68 bits per heavy atom. The van der Waals surface area contributed by atoms with Crippen LogP contribution in [0.25, 0.3) is 0 Å². The fraction of sp³-hybridized carbons (Fsp3) is 0.429. The molecule has 0 atom stereocenters. The summed E-state index contributed by atoms with van der Waals surface area (Å²) in [4.78, 5) is 12.7. The van der Waals surface area contributed by atoms with E-state index in [1.165, 1.54) is 7.11 Å². The van der Waals surface area contributed by atoms with Gasteiger partial charge < -0.3 is 4.74 Å². The molecule has 1 aromatic carbocycles. The van der Waals surface area contributed by atoms with Crippen LogP contribution in [0.3, 0.4) is 0 Å². The number of methoxy groups -OCH3 is 1. The number of nitro groups is 1. The lowest BCUT2D eigenvalue weighted by atomic mass is 10.1. The van der Waals surface area contributed by atoms with E-state index in [1.807, 2.05) is 13.0 Å². The fourth-order valence-electron chi connectivity index (χ4n) is 1.90. The van der Waals surface area contributed by atoms with Crippen LogP contribution in [-0.4, -0.2) is 30.0 Å². The van der Waals surface area contributed by atoms with E-state index >= 15 is 0 Å².